The van der Waals surface area contributed by atoms with Crippen LogP contribution in [0.25, 0.3) is 0 Å². The first-order valence-electron chi connectivity index (χ1n) is 8.45. The molecule has 3 amide bonds. The van der Waals surface area contributed by atoms with Crippen molar-refractivity contribution in [3.05, 3.63) is 35.4 Å². The second kappa shape index (κ2) is 7.13. The molecule has 128 valence electrons. The number of hydrogen-bond acceptors (Lipinski definition) is 4. The van der Waals surface area contributed by atoms with E-state index in [4.69, 9.17) is 0 Å². The van der Waals surface area contributed by atoms with E-state index >= 15 is 0 Å². The molecule has 1 unspecified atom stereocenters. The lowest BCUT2D eigenvalue weighted by Crippen LogP contribution is -2.41. The first-order valence-corrected chi connectivity index (χ1v) is 8.45. The number of aliphatic hydroxyl groups excluding tert-OH is 1. The van der Waals surface area contributed by atoms with Gasteiger partial charge in [-0.2, -0.15) is 0 Å². The minimum absolute atomic E-state index is 0.0322. The second-order valence-corrected chi connectivity index (χ2v) is 6.44. The Morgan fingerprint density at radius 1 is 1.17 bits per heavy atom. The summed E-state index contributed by atoms with van der Waals surface area (Å²) in [6, 6.07) is 6.79. The van der Waals surface area contributed by atoms with Crippen molar-refractivity contribution in [3.8, 4) is 0 Å². The molecule has 1 atom stereocenters. The summed E-state index contributed by atoms with van der Waals surface area (Å²) in [5.74, 6) is -0.355. The average Bonchev–Trinajstić information content (AvgIpc) is 2.87. The summed E-state index contributed by atoms with van der Waals surface area (Å²) >= 11 is 0. The van der Waals surface area contributed by atoms with E-state index in [1.165, 1.54) is 4.90 Å². The van der Waals surface area contributed by atoms with Crippen LogP contribution in [-0.2, 0) is 4.79 Å². The Kier molecular flexibility index (Phi) is 4.94. The lowest BCUT2D eigenvalue weighted by atomic mass is 9.98. The number of fused-ring (bicyclic) bond motifs is 1. The molecule has 1 aromatic rings. The van der Waals surface area contributed by atoms with Gasteiger partial charge in [0, 0.05) is 32.7 Å². The summed E-state index contributed by atoms with van der Waals surface area (Å²) in [7, 11) is 0. The Morgan fingerprint density at radius 3 is 2.46 bits per heavy atom. The molecule has 1 aromatic carbocycles. The van der Waals surface area contributed by atoms with Crippen LogP contribution in [-0.4, -0.2) is 58.9 Å². The molecule has 0 aromatic heterocycles. The Labute approximate surface area is 141 Å². The molecule has 6 nitrogen and oxygen atoms in total. The van der Waals surface area contributed by atoms with Gasteiger partial charge in [-0.05, 0) is 37.3 Å². The van der Waals surface area contributed by atoms with Crippen molar-refractivity contribution in [2.24, 2.45) is 5.92 Å². The topological polar surface area (TPSA) is 77.9 Å². The number of imide groups is 1. The molecule has 6 heteroatoms. The maximum absolute atomic E-state index is 12.3. The lowest BCUT2D eigenvalue weighted by Gasteiger charge is -2.32. The van der Waals surface area contributed by atoms with Crippen molar-refractivity contribution >= 4 is 17.7 Å². The van der Waals surface area contributed by atoms with Crippen molar-refractivity contribution in [2.75, 3.05) is 26.2 Å². The number of aliphatic hydroxyl groups is 1. The van der Waals surface area contributed by atoms with Crippen LogP contribution in [0.2, 0.25) is 0 Å². The van der Waals surface area contributed by atoms with Crippen LogP contribution in [0, 0.1) is 5.92 Å². The molecule has 2 aliphatic rings. The van der Waals surface area contributed by atoms with Gasteiger partial charge < -0.3 is 10.0 Å². The molecule has 0 radical (unpaired) electrons. The predicted molar refractivity (Wildman–Crippen MR) is 87.4 cm³/mol. The highest BCUT2D eigenvalue weighted by molar-refractivity contribution is 6.21. The summed E-state index contributed by atoms with van der Waals surface area (Å²) in [4.78, 5) is 39.8. The van der Waals surface area contributed by atoms with Crippen molar-refractivity contribution in [1.29, 1.82) is 0 Å². The van der Waals surface area contributed by atoms with Crippen LogP contribution in [0.3, 0.4) is 0 Å². The van der Waals surface area contributed by atoms with Crippen LogP contribution < -0.4 is 0 Å². The van der Waals surface area contributed by atoms with Crippen LogP contribution in [0.1, 0.15) is 46.4 Å². The molecule has 0 spiro atoms. The van der Waals surface area contributed by atoms with Crippen LogP contribution in [0.5, 0.6) is 0 Å². The first kappa shape index (κ1) is 16.6. The maximum Gasteiger partial charge on any atom is 0.261 e. The summed E-state index contributed by atoms with van der Waals surface area (Å²) in [5, 5.41) is 9.23. The van der Waals surface area contributed by atoms with Gasteiger partial charge in [-0.25, -0.2) is 0 Å². The van der Waals surface area contributed by atoms with E-state index in [1.54, 1.807) is 29.2 Å². The zero-order valence-corrected chi connectivity index (χ0v) is 13.6. The van der Waals surface area contributed by atoms with Gasteiger partial charge in [0.25, 0.3) is 11.8 Å². The molecule has 0 aliphatic carbocycles. The van der Waals surface area contributed by atoms with Gasteiger partial charge in [0.1, 0.15) is 0 Å². The van der Waals surface area contributed by atoms with Gasteiger partial charge in [0.2, 0.25) is 5.91 Å². The minimum atomic E-state index is -0.277. The number of rotatable bonds is 5. The van der Waals surface area contributed by atoms with Crippen LogP contribution in [0.15, 0.2) is 24.3 Å². The van der Waals surface area contributed by atoms with Gasteiger partial charge >= 0.3 is 0 Å². The quantitative estimate of drug-likeness (QED) is 0.825. The average molecular weight is 330 g/mol. The summed E-state index contributed by atoms with van der Waals surface area (Å²) in [6.07, 6.45) is 2.64. The van der Waals surface area contributed by atoms with Crippen molar-refractivity contribution < 1.29 is 19.5 Å². The largest absolute Gasteiger partial charge is 0.396 e. The van der Waals surface area contributed by atoms with Crippen LogP contribution in [0.4, 0.5) is 0 Å². The number of carbonyl (C=O) groups excluding carboxylic acids is 3. The Bertz CT molecular complexity index is 623. The molecule has 2 heterocycles. The maximum atomic E-state index is 12.3. The number of carbonyl (C=O) groups is 3. The third-order valence-corrected chi connectivity index (χ3v) is 4.78. The smallest absolute Gasteiger partial charge is 0.261 e. The molecule has 3 rings (SSSR count). The zero-order chi connectivity index (χ0) is 17.1. The van der Waals surface area contributed by atoms with E-state index in [-0.39, 0.29) is 36.8 Å². The van der Waals surface area contributed by atoms with E-state index in [0.29, 0.717) is 30.5 Å². The molecule has 0 bridgehead atoms. The minimum Gasteiger partial charge on any atom is -0.396 e. The van der Waals surface area contributed by atoms with Gasteiger partial charge in [-0.1, -0.05) is 12.1 Å². The van der Waals surface area contributed by atoms with Gasteiger partial charge in [0.15, 0.2) is 0 Å². The monoisotopic (exact) mass is 330 g/mol. The number of nitrogens with zero attached hydrogens (tertiary/aromatic N) is 2. The molecule has 1 saturated heterocycles. The van der Waals surface area contributed by atoms with Crippen molar-refractivity contribution in [1.82, 2.24) is 9.80 Å². The normalized spacial score (nSPS) is 20.5. The molecular formula is C18H22N2O4. The number of amides is 3. The number of piperidine rings is 1. The van der Waals surface area contributed by atoms with E-state index in [9.17, 15) is 19.5 Å². The predicted octanol–water partition coefficient (Wildman–Crippen LogP) is 1.29. The Hall–Kier alpha value is -2.21. The van der Waals surface area contributed by atoms with E-state index in [2.05, 4.69) is 0 Å². The SMILES string of the molecule is O=C(CCCN1C(=O)c2ccccc2C1=O)N1CCCC(CO)C1. The highest BCUT2D eigenvalue weighted by Gasteiger charge is 2.34. The Morgan fingerprint density at radius 2 is 1.83 bits per heavy atom. The van der Waals surface area contributed by atoms with Gasteiger partial charge in [0.05, 0.1) is 11.1 Å². The molecule has 2 aliphatic heterocycles. The standard InChI is InChI=1S/C18H22N2O4/c21-12-13-5-3-9-19(11-13)16(22)8-4-10-20-17(23)14-6-1-2-7-15(14)18(20)24/h1-2,6-7,13,21H,3-5,8-12H2. The number of benzene rings is 1. The fraction of sp³-hybridized carbons (Fsp3) is 0.500. The third kappa shape index (κ3) is 3.19. The molecule has 1 fully saturated rings. The van der Waals surface area contributed by atoms with Gasteiger partial charge in [-0.15, -0.1) is 0 Å². The summed E-state index contributed by atoms with van der Waals surface area (Å²) in [5.41, 5.74) is 0.881. The van der Waals surface area contributed by atoms with E-state index in [0.717, 1.165) is 19.4 Å². The molecule has 1 N–H and O–H groups in total. The van der Waals surface area contributed by atoms with Crippen molar-refractivity contribution in [2.45, 2.75) is 25.7 Å². The van der Waals surface area contributed by atoms with E-state index in [1.807, 2.05) is 0 Å². The summed E-state index contributed by atoms with van der Waals surface area (Å²) in [6.45, 7) is 1.69. The highest BCUT2D eigenvalue weighted by Crippen LogP contribution is 2.23. The number of likely N-dealkylation sites (tertiary alicyclic amines) is 1. The number of hydrogen-bond donors (Lipinski definition) is 1. The van der Waals surface area contributed by atoms with E-state index < -0.39 is 0 Å². The third-order valence-electron chi connectivity index (χ3n) is 4.78. The molecular weight excluding hydrogens is 308 g/mol. The fourth-order valence-corrected chi connectivity index (χ4v) is 3.43. The second-order valence-electron chi connectivity index (χ2n) is 6.44. The summed E-state index contributed by atoms with van der Waals surface area (Å²) < 4.78 is 0. The van der Waals surface area contributed by atoms with Crippen LogP contribution >= 0.6 is 0 Å². The zero-order valence-electron chi connectivity index (χ0n) is 13.6. The highest BCUT2D eigenvalue weighted by atomic mass is 16.3. The molecule has 0 saturated carbocycles. The van der Waals surface area contributed by atoms with Gasteiger partial charge in [-0.3, -0.25) is 19.3 Å². The first-order chi connectivity index (χ1) is 11.6. The Balaban J connectivity index is 1.51. The fourth-order valence-electron chi connectivity index (χ4n) is 3.43. The lowest BCUT2D eigenvalue weighted by molar-refractivity contribution is -0.133. The molecule has 24 heavy (non-hydrogen) atoms. The van der Waals surface area contributed by atoms with Crippen molar-refractivity contribution in [3.63, 3.8) is 0 Å².